The van der Waals surface area contributed by atoms with Gasteiger partial charge in [0, 0.05) is 13.1 Å². The molecule has 0 heterocycles. The molecule has 2 amide bonds. The number of benzene rings is 1. The van der Waals surface area contributed by atoms with E-state index in [1.54, 1.807) is 19.1 Å². The predicted octanol–water partition coefficient (Wildman–Crippen LogP) is 3.21. The molecule has 0 aromatic heterocycles. The second-order valence-electron chi connectivity index (χ2n) is 4.72. The summed E-state index contributed by atoms with van der Waals surface area (Å²) in [4.78, 5) is 25.0. The zero-order valence-electron chi connectivity index (χ0n) is 12.3. The van der Waals surface area contributed by atoms with Gasteiger partial charge >= 0.3 is 12.0 Å². The van der Waals surface area contributed by atoms with E-state index in [4.69, 9.17) is 0 Å². The molecule has 0 bridgehead atoms. The molecular formula is C16H20N2O3. The molecule has 112 valence electrons. The van der Waals surface area contributed by atoms with Crippen LogP contribution < -0.4 is 5.32 Å². The Bertz CT molecular complexity index is 569. The third-order valence-corrected chi connectivity index (χ3v) is 2.93. The fourth-order valence-corrected chi connectivity index (χ4v) is 2.04. The Morgan fingerprint density at radius 3 is 2.29 bits per heavy atom. The number of aryl methyl sites for hydroxylation is 2. The van der Waals surface area contributed by atoms with Crippen molar-refractivity contribution in [2.24, 2.45) is 0 Å². The Morgan fingerprint density at radius 1 is 1.24 bits per heavy atom. The summed E-state index contributed by atoms with van der Waals surface area (Å²) in [7, 11) is 0. The highest BCUT2D eigenvalue weighted by Gasteiger charge is 2.18. The maximum atomic E-state index is 12.2. The largest absolute Gasteiger partial charge is 0.478 e. The highest BCUT2D eigenvalue weighted by Crippen LogP contribution is 2.23. The lowest BCUT2D eigenvalue weighted by Crippen LogP contribution is -2.35. The smallest absolute Gasteiger partial charge is 0.337 e. The van der Waals surface area contributed by atoms with Crippen molar-refractivity contribution in [3.05, 3.63) is 54.1 Å². The molecule has 0 radical (unpaired) electrons. The Kier molecular flexibility index (Phi) is 5.72. The summed E-state index contributed by atoms with van der Waals surface area (Å²) in [6.07, 6.45) is 3.20. The van der Waals surface area contributed by atoms with Crippen LogP contribution in [0.1, 0.15) is 21.5 Å². The fraction of sp³-hybridized carbons (Fsp3) is 0.250. The summed E-state index contributed by atoms with van der Waals surface area (Å²) in [5.74, 6) is -1.07. The molecule has 0 fully saturated rings. The van der Waals surface area contributed by atoms with E-state index in [1.165, 1.54) is 11.0 Å². The van der Waals surface area contributed by atoms with Gasteiger partial charge in [-0.2, -0.15) is 0 Å². The number of hydrogen-bond acceptors (Lipinski definition) is 2. The van der Waals surface area contributed by atoms with Crippen LogP contribution in [0.2, 0.25) is 0 Å². The van der Waals surface area contributed by atoms with Crippen LogP contribution in [0.25, 0.3) is 0 Å². The molecule has 0 saturated heterocycles. The van der Waals surface area contributed by atoms with Crippen LogP contribution in [-0.4, -0.2) is 35.1 Å². The number of urea groups is 1. The minimum Gasteiger partial charge on any atom is -0.478 e. The van der Waals surface area contributed by atoms with E-state index < -0.39 is 5.97 Å². The monoisotopic (exact) mass is 288 g/mol. The van der Waals surface area contributed by atoms with Crippen molar-refractivity contribution >= 4 is 17.7 Å². The molecule has 1 rings (SSSR count). The second-order valence-corrected chi connectivity index (χ2v) is 4.72. The third-order valence-electron chi connectivity index (χ3n) is 2.93. The molecule has 0 aliphatic rings. The van der Waals surface area contributed by atoms with Crippen LogP contribution in [0.4, 0.5) is 10.5 Å². The molecular weight excluding hydrogens is 268 g/mol. The van der Waals surface area contributed by atoms with Crippen LogP contribution in [0.3, 0.4) is 0 Å². The normalized spacial score (nSPS) is 9.81. The van der Waals surface area contributed by atoms with Crippen LogP contribution in [-0.2, 0) is 0 Å². The van der Waals surface area contributed by atoms with Crippen LogP contribution in [0.5, 0.6) is 0 Å². The third kappa shape index (κ3) is 4.21. The first kappa shape index (κ1) is 16.5. The first-order valence-electron chi connectivity index (χ1n) is 6.53. The number of amides is 2. The van der Waals surface area contributed by atoms with Gasteiger partial charge in [0.15, 0.2) is 0 Å². The second kappa shape index (κ2) is 7.28. The zero-order chi connectivity index (χ0) is 16.0. The Morgan fingerprint density at radius 2 is 1.81 bits per heavy atom. The molecule has 0 spiro atoms. The number of carbonyl (C=O) groups is 2. The molecule has 2 N–H and O–H groups in total. The molecule has 21 heavy (non-hydrogen) atoms. The van der Waals surface area contributed by atoms with Crippen LogP contribution in [0.15, 0.2) is 37.4 Å². The molecule has 1 aromatic carbocycles. The lowest BCUT2D eigenvalue weighted by molar-refractivity contribution is 0.0698. The van der Waals surface area contributed by atoms with Gasteiger partial charge in [-0.25, -0.2) is 9.59 Å². The summed E-state index contributed by atoms with van der Waals surface area (Å²) in [6.45, 7) is 11.5. The van der Waals surface area contributed by atoms with E-state index in [0.29, 0.717) is 24.3 Å². The van der Waals surface area contributed by atoms with E-state index in [1.807, 2.05) is 13.0 Å². The van der Waals surface area contributed by atoms with Gasteiger partial charge in [-0.15, -0.1) is 13.2 Å². The van der Waals surface area contributed by atoms with Gasteiger partial charge in [0.25, 0.3) is 0 Å². The van der Waals surface area contributed by atoms with Crippen molar-refractivity contribution < 1.29 is 14.7 Å². The van der Waals surface area contributed by atoms with E-state index in [2.05, 4.69) is 18.5 Å². The van der Waals surface area contributed by atoms with Crippen molar-refractivity contribution in [1.82, 2.24) is 4.90 Å². The number of carboxylic acids is 1. The Hall–Kier alpha value is -2.56. The van der Waals surface area contributed by atoms with E-state index in [0.717, 1.165) is 5.56 Å². The molecule has 5 nitrogen and oxygen atoms in total. The first-order valence-corrected chi connectivity index (χ1v) is 6.53. The molecule has 5 heteroatoms. The highest BCUT2D eigenvalue weighted by atomic mass is 16.4. The van der Waals surface area contributed by atoms with Gasteiger partial charge in [0.1, 0.15) is 0 Å². The number of rotatable bonds is 6. The lowest BCUT2D eigenvalue weighted by Gasteiger charge is -2.21. The fourth-order valence-electron chi connectivity index (χ4n) is 2.04. The van der Waals surface area contributed by atoms with Crippen molar-refractivity contribution in [3.63, 3.8) is 0 Å². The maximum Gasteiger partial charge on any atom is 0.337 e. The maximum absolute atomic E-state index is 12.2. The van der Waals surface area contributed by atoms with E-state index >= 15 is 0 Å². The number of aromatic carboxylic acids is 1. The summed E-state index contributed by atoms with van der Waals surface area (Å²) in [5.41, 5.74) is 1.93. The number of anilines is 1. The minimum atomic E-state index is -1.07. The van der Waals surface area contributed by atoms with E-state index in [9.17, 15) is 14.7 Å². The average molecular weight is 288 g/mol. The molecule has 0 unspecified atom stereocenters. The van der Waals surface area contributed by atoms with E-state index in [-0.39, 0.29) is 11.6 Å². The number of carbonyl (C=O) groups excluding carboxylic acids is 1. The summed E-state index contributed by atoms with van der Waals surface area (Å²) in [6, 6.07) is 2.98. The number of nitrogens with zero attached hydrogens (tertiary/aromatic N) is 1. The van der Waals surface area contributed by atoms with Gasteiger partial charge in [0.2, 0.25) is 0 Å². The van der Waals surface area contributed by atoms with Crippen molar-refractivity contribution in [2.45, 2.75) is 13.8 Å². The molecule has 0 aliphatic carbocycles. The lowest BCUT2D eigenvalue weighted by atomic mass is 10.0. The number of hydrogen-bond donors (Lipinski definition) is 2. The highest BCUT2D eigenvalue weighted by molar-refractivity contribution is 6.01. The van der Waals surface area contributed by atoms with Crippen molar-refractivity contribution in [1.29, 1.82) is 0 Å². The molecule has 1 aromatic rings. The van der Waals surface area contributed by atoms with Gasteiger partial charge in [0.05, 0.1) is 11.3 Å². The Balaban J connectivity index is 3.11. The topological polar surface area (TPSA) is 69.6 Å². The van der Waals surface area contributed by atoms with Gasteiger partial charge in [-0.05, 0) is 31.0 Å². The molecule has 0 saturated carbocycles. The Labute approximate surface area is 124 Å². The predicted molar refractivity (Wildman–Crippen MR) is 83.9 cm³/mol. The van der Waals surface area contributed by atoms with Crippen molar-refractivity contribution in [3.8, 4) is 0 Å². The number of carboxylic acid groups (broad SMARTS) is 1. The van der Waals surface area contributed by atoms with Gasteiger partial charge in [-0.3, -0.25) is 0 Å². The summed E-state index contributed by atoms with van der Waals surface area (Å²) < 4.78 is 0. The van der Waals surface area contributed by atoms with Crippen molar-refractivity contribution in [2.75, 3.05) is 18.4 Å². The SMILES string of the molecule is C=CCN(CC=C)C(=O)Nc1c(C)cc(C)cc1C(=O)O. The van der Waals surface area contributed by atoms with Crippen LogP contribution >= 0.6 is 0 Å². The zero-order valence-corrected chi connectivity index (χ0v) is 12.3. The first-order chi connectivity index (χ1) is 9.90. The van der Waals surface area contributed by atoms with Gasteiger partial charge < -0.3 is 15.3 Å². The summed E-state index contributed by atoms with van der Waals surface area (Å²) >= 11 is 0. The molecule has 0 aliphatic heterocycles. The summed E-state index contributed by atoms with van der Waals surface area (Å²) in [5, 5.41) is 11.9. The molecule has 0 atom stereocenters. The van der Waals surface area contributed by atoms with Crippen LogP contribution in [0, 0.1) is 13.8 Å². The quantitative estimate of drug-likeness (QED) is 0.790. The average Bonchev–Trinajstić information content (AvgIpc) is 2.40. The minimum absolute atomic E-state index is 0.0815. The van der Waals surface area contributed by atoms with Gasteiger partial charge in [-0.1, -0.05) is 18.2 Å². The standard InChI is InChI=1S/C16H20N2O3/c1-5-7-18(8-6-2)16(21)17-14-12(4)9-11(3)10-13(14)15(19)20/h5-6,9-10H,1-2,7-8H2,3-4H3,(H,17,21)(H,19,20). The number of nitrogens with one attached hydrogen (secondary N) is 1.